The number of carbonyl (C=O) groups excluding carboxylic acids is 1. The number of methoxy groups -OCH3 is 2. The second-order valence-electron chi connectivity index (χ2n) is 6.91. The Labute approximate surface area is 174 Å². The van der Waals surface area contributed by atoms with Gasteiger partial charge in [-0.3, -0.25) is 4.79 Å². The lowest BCUT2D eigenvalue weighted by Crippen LogP contribution is -2.25. The molecule has 0 spiro atoms. The van der Waals surface area contributed by atoms with E-state index in [0.717, 1.165) is 22.7 Å². The minimum atomic E-state index is -0.142. The van der Waals surface area contributed by atoms with Crippen LogP contribution in [0, 0.1) is 0 Å². The lowest BCUT2D eigenvalue weighted by molar-refractivity contribution is 0.0954. The molecule has 8 heteroatoms. The van der Waals surface area contributed by atoms with E-state index in [0.29, 0.717) is 29.9 Å². The molecular formula is C22H23N5O3. The summed E-state index contributed by atoms with van der Waals surface area (Å²) in [5, 5.41) is 2.93. The molecule has 1 amide bonds. The topological polar surface area (TPSA) is 82.7 Å². The monoisotopic (exact) mass is 405 g/mol. The van der Waals surface area contributed by atoms with Crippen molar-refractivity contribution in [3.8, 4) is 22.8 Å². The molecule has 0 atom stereocenters. The zero-order valence-corrected chi connectivity index (χ0v) is 17.1. The normalized spacial score (nSPS) is 10.9. The molecule has 0 saturated carbocycles. The zero-order valence-electron chi connectivity index (χ0n) is 17.1. The van der Waals surface area contributed by atoms with Crippen molar-refractivity contribution in [2.75, 3.05) is 20.8 Å². The van der Waals surface area contributed by atoms with Gasteiger partial charge in [0.2, 0.25) is 0 Å². The number of benzene rings is 1. The van der Waals surface area contributed by atoms with Crippen LogP contribution in [0.15, 0.2) is 55.2 Å². The third kappa shape index (κ3) is 3.98. The van der Waals surface area contributed by atoms with Crippen LogP contribution < -0.4 is 14.8 Å². The molecule has 1 aromatic carbocycles. The van der Waals surface area contributed by atoms with Crippen LogP contribution in [0.1, 0.15) is 16.1 Å². The Morgan fingerprint density at radius 1 is 1.13 bits per heavy atom. The molecule has 8 nitrogen and oxygen atoms in total. The van der Waals surface area contributed by atoms with Gasteiger partial charge in [0.25, 0.3) is 5.91 Å². The highest BCUT2D eigenvalue weighted by atomic mass is 16.5. The number of fused-ring (bicyclic) bond motifs is 1. The van der Waals surface area contributed by atoms with Gasteiger partial charge in [0.1, 0.15) is 17.1 Å². The van der Waals surface area contributed by atoms with Crippen LogP contribution in [0.4, 0.5) is 0 Å². The molecule has 0 unspecified atom stereocenters. The Morgan fingerprint density at radius 2 is 2.00 bits per heavy atom. The number of carbonyl (C=O) groups is 1. The Balaban J connectivity index is 1.53. The highest BCUT2D eigenvalue weighted by molar-refractivity contribution is 5.95. The third-order valence-electron chi connectivity index (χ3n) is 4.83. The van der Waals surface area contributed by atoms with Gasteiger partial charge in [0, 0.05) is 49.7 Å². The number of nitrogens with zero attached hydrogens (tertiary/aromatic N) is 4. The largest absolute Gasteiger partial charge is 0.497 e. The summed E-state index contributed by atoms with van der Waals surface area (Å²) in [4.78, 5) is 21.5. The minimum absolute atomic E-state index is 0.142. The Bertz CT molecular complexity index is 1190. The average molecular weight is 405 g/mol. The summed E-state index contributed by atoms with van der Waals surface area (Å²) in [7, 11) is 5.16. The van der Waals surface area contributed by atoms with Crippen LogP contribution in [-0.4, -0.2) is 45.6 Å². The van der Waals surface area contributed by atoms with Crippen LogP contribution in [-0.2, 0) is 13.5 Å². The van der Waals surface area contributed by atoms with Gasteiger partial charge in [-0.25, -0.2) is 9.97 Å². The van der Waals surface area contributed by atoms with E-state index < -0.39 is 0 Å². The van der Waals surface area contributed by atoms with E-state index in [1.54, 1.807) is 32.7 Å². The number of ether oxygens (including phenoxy) is 2. The van der Waals surface area contributed by atoms with Crippen molar-refractivity contribution in [1.82, 2.24) is 24.3 Å². The maximum Gasteiger partial charge on any atom is 0.251 e. The Kier molecular flexibility index (Phi) is 5.38. The molecule has 0 fully saturated rings. The number of aromatic nitrogens is 4. The van der Waals surface area contributed by atoms with E-state index in [9.17, 15) is 4.79 Å². The van der Waals surface area contributed by atoms with Crippen LogP contribution >= 0.6 is 0 Å². The van der Waals surface area contributed by atoms with E-state index in [4.69, 9.17) is 9.47 Å². The van der Waals surface area contributed by atoms with Crippen molar-refractivity contribution in [3.63, 3.8) is 0 Å². The van der Waals surface area contributed by atoms with Crippen molar-refractivity contribution in [2.45, 2.75) is 6.42 Å². The van der Waals surface area contributed by atoms with Gasteiger partial charge in [-0.15, -0.1) is 0 Å². The van der Waals surface area contributed by atoms with Crippen LogP contribution in [0.5, 0.6) is 11.5 Å². The van der Waals surface area contributed by atoms with E-state index in [2.05, 4.69) is 15.3 Å². The first-order valence-electron chi connectivity index (χ1n) is 9.53. The summed E-state index contributed by atoms with van der Waals surface area (Å²) in [6.45, 7) is 0.516. The van der Waals surface area contributed by atoms with Crippen molar-refractivity contribution < 1.29 is 14.3 Å². The van der Waals surface area contributed by atoms with Gasteiger partial charge in [0.15, 0.2) is 0 Å². The summed E-state index contributed by atoms with van der Waals surface area (Å²) in [6, 6.07) is 9.11. The predicted octanol–water partition coefficient (Wildman–Crippen LogP) is 2.72. The highest BCUT2D eigenvalue weighted by Gasteiger charge is 2.13. The number of hydrogen-bond acceptors (Lipinski definition) is 5. The average Bonchev–Trinajstić information content (AvgIpc) is 3.38. The lowest BCUT2D eigenvalue weighted by Gasteiger charge is -2.08. The van der Waals surface area contributed by atoms with E-state index in [-0.39, 0.29) is 5.91 Å². The summed E-state index contributed by atoms with van der Waals surface area (Å²) >= 11 is 0. The molecule has 3 heterocycles. The molecule has 0 aliphatic heterocycles. The SMILES string of the molecule is COc1ccc(OC)c(-c2cn3ccc(C(=O)NCCc4cn(C)cn4)cc3n2)c1. The van der Waals surface area contributed by atoms with Gasteiger partial charge < -0.3 is 23.8 Å². The molecule has 4 rings (SSSR count). The smallest absolute Gasteiger partial charge is 0.251 e. The number of amides is 1. The zero-order chi connectivity index (χ0) is 21.1. The molecule has 0 aliphatic rings. The number of pyridine rings is 1. The fourth-order valence-electron chi connectivity index (χ4n) is 3.27. The number of aryl methyl sites for hydroxylation is 1. The van der Waals surface area contributed by atoms with Crippen molar-refractivity contribution in [3.05, 3.63) is 66.5 Å². The molecule has 3 aromatic heterocycles. The summed E-state index contributed by atoms with van der Waals surface area (Å²) in [5.41, 5.74) is 3.73. The van der Waals surface area contributed by atoms with E-state index in [1.165, 1.54) is 0 Å². The minimum Gasteiger partial charge on any atom is -0.497 e. The summed E-state index contributed by atoms with van der Waals surface area (Å²) in [5.74, 6) is 1.28. The Hall–Kier alpha value is -3.81. The van der Waals surface area contributed by atoms with Crippen LogP contribution in [0.3, 0.4) is 0 Å². The molecule has 1 N–H and O–H groups in total. The number of imidazole rings is 2. The second-order valence-corrected chi connectivity index (χ2v) is 6.91. The quantitative estimate of drug-likeness (QED) is 0.511. The fraction of sp³-hybridized carbons (Fsp3) is 0.227. The summed E-state index contributed by atoms with van der Waals surface area (Å²) in [6.07, 6.45) is 8.09. The standard InChI is InChI=1S/C22H23N5O3/c1-26-12-16(24-14-26)6-8-23-22(28)15-7-9-27-13-19(25-21(27)10-15)18-11-17(29-2)4-5-20(18)30-3/h4-5,7,9-14H,6,8H2,1-3H3,(H,23,28). The molecule has 0 radical (unpaired) electrons. The first kappa shape index (κ1) is 19.5. The maximum atomic E-state index is 12.5. The number of rotatable bonds is 7. The molecular weight excluding hydrogens is 382 g/mol. The molecule has 154 valence electrons. The number of nitrogens with one attached hydrogen (secondary N) is 1. The Morgan fingerprint density at radius 3 is 2.73 bits per heavy atom. The molecule has 30 heavy (non-hydrogen) atoms. The molecule has 0 saturated heterocycles. The summed E-state index contributed by atoms with van der Waals surface area (Å²) < 4.78 is 14.5. The van der Waals surface area contributed by atoms with Gasteiger partial charge in [-0.05, 0) is 30.3 Å². The molecule has 4 aromatic rings. The van der Waals surface area contributed by atoms with Gasteiger partial charge >= 0.3 is 0 Å². The van der Waals surface area contributed by atoms with Gasteiger partial charge in [-0.2, -0.15) is 0 Å². The lowest BCUT2D eigenvalue weighted by atomic mass is 10.1. The first-order chi connectivity index (χ1) is 14.6. The van der Waals surface area contributed by atoms with Crippen molar-refractivity contribution >= 4 is 11.6 Å². The van der Waals surface area contributed by atoms with Crippen molar-refractivity contribution in [2.24, 2.45) is 7.05 Å². The predicted molar refractivity (Wildman–Crippen MR) is 113 cm³/mol. The van der Waals surface area contributed by atoms with E-state index in [1.807, 2.05) is 52.8 Å². The maximum absolute atomic E-state index is 12.5. The first-order valence-corrected chi connectivity index (χ1v) is 9.53. The highest BCUT2D eigenvalue weighted by Crippen LogP contribution is 2.33. The van der Waals surface area contributed by atoms with Crippen LogP contribution in [0.25, 0.3) is 16.9 Å². The third-order valence-corrected chi connectivity index (χ3v) is 4.83. The van der Waals surface area contributed by atoms with Crippen molar-refractivity contribution in [1.29, 1.82) is 0 Å². The van der Waals surface area contributed by atoms with E-state index >= 15 is 0 Å². The fourth-order valence-corrected chi connectivity index (χ4v) is 3.27. The van der Waals surface area contributed by atoms with Gasteiger partial charge in [0.05, 0.1) is 31.9 Å². The number of hydrogen-bond donors (Lipinski definition) is 1. The van der Waals surface area contributed by atoms with Gasteiger partial charge in [-0.1, -0.05) is 0 Å². The second kappa shape index (κ2) is 8.28. The molecule has 0 aliphatic carbocycles. The molecule has 0 bridgehead atoms. The van der Waals surface area contributed by atoms with Crippen LogP contribution in [0.2, 0.25) is 0 Å².